The van der Waals surface area contributed by atoms with E-state index in [1.54, 1.807) is 43.5 Å². The van der Waals surface area contributed by atoms with Gasteiger partial charge in [-0.05, 0) is 42.7 Å². The highest BCUT2D eigenvalue weighted by molar-refractivity contribution is 5.95. The van der Waals surface area contributed by atoms with Gasteiger partial charge in [0.1, 0.15) is 5.56 Å². The van der Waals surface area contributed by atoms with Crippen molar-refractivity contribution in [2.45, 2.75) is 13.3 Å². The zero-order valence-corrected chi connectivity index (χ0v) is 11.6. The third-order valence-corrected chi connectivity index (χ3v) is 3.21. The minimum absolute atomic E-state index is 0.213. The minimum Gasteiger partial charge on any atom is -0.341 e. The molecule has 20 heavy (non-hydrogen) atoms. The molecule has 0 atom stereocenters. The number of amides is 1. The summed E-state index contributed by atoms with van der Waals surface area (Å²) in [5.74, 6) is -0.251. The Morgan fingerprint density at radius 3 is 2.65 bits per heavy atom. The maximum Gasteiger partial charge on any atom is 0.261 e. The van der Waals surface area contributed by atoms with Crippen molar-refractivity contribution in [3.05, 3.63) is 63.8 Å². The van der Waals surface area contributed by atoms with Crippen molar-refractivity contribution < 1.29 is 4.79 Å². The first-order chi connectivity index (χ1) is 9.59. The van der Waals surface area contributed by atoms with E-state index in [0.717, 1.165) is 12.0 Å². The zero-order valence-electron chi connectivity index (χ0n) is 11.6. The van der Waals surface area contributed by atoms with Gasteiger partial charge in [-0.25, -0.2) is 0 Å². The number of nitrogens with zero attached hydrogens (tertiary/aromatic N) is 2. The van der Waals surface area contributed by atoms with E-state index in [-0.39, 0.29) is 17.0 Å². The van der Waals surface area contributed by atoms with Crippen molar-refractivity contribution in [3.8, 4) is 0 Å². The molecule has 0 aliphatic heterocycles. The van der Waals surface area contributed by atoms with E-state index < -0.39 is 0 Å². The van der Waals surface area contributed by atoms with Crippen LogP contribution in [0.25, 0.3) is 0 Å². The van der Waals surface area contributed by atoms with Crippen molar-refractivity contribution in [3.63, 3.8) is 0 Å². The Kier molecular flexibility index (Phi) is 4.30. The monoisotopic (exact) mass is 271 g/mol. The SMILES string of the molecule is Cc1cc[nH]c(=O)c1C(=O)N(C)CCc1ccncc1. The normalized spacial score (nSPS) is 10.3. The number of nitrogens with one attached hydrogen (secondary N) is 1. The fraction of sp³-hybridized carbons (Fsp3) is 0.267. The first kappa shape index (κ1) is 14.0. The molecule has 0 aromatic carbocycles. The molecule has 2 rings (SSSR count). The topological polar surface area (TPSA) is 66.1 Å². The lowest BCUT2D eigenvalue weighted by molar-refractivity contribution is 0.0794. The predicted molar refractivity (Wildman–Crippen MR) is 76.7 cm³/mol. The van der Waals surface area contributed by atoms with Gasteiger partial charge in [0.2, 0.25) is 0 Å². The lowest BCUT2D eigenvalue weighted by atomic mass is 10.1. The van der Waals surface area contributed by atoms with Crippen LogP contribution < -0.4 is 5.56 Å². The molecule has 0 unspecified atom stereocenters. The zero-order chi connectivity index (χ0) is 14.5. The summed E-state index contributed by atoms with van der Waals surface area (Å²) in [7, 11) is 1.70. The maximum atomic E-state index is 12.3. The van der Waals surface area contributed by atoms with Crippen molar-refractivity contribution in [2.24, 2.45) is 0 Å². The Morgan fingerprint density at radius 2 is 2.00 bits per heavy atom. The first-order valence-corrected chi connectivity index (χ1v) is 6.42. The van der Waals surface area contributed by atoms with E-state index in [1.165, 1.54) is 0 Å². The number of likely N-dealkylation sites (N-methyl/N-ethyl adjacent to an activating group) is 1. The molecule has 104 valence electrons. The van der Waals surface area contributed by atoms with E-state index in [9.17, 15) is 9.59 Å². The highest BCUT2D eigenvalue weighted by Gasteiger charge is 2.17. The van der Waals surface area contributed by atoms with Crippen molar-refractivity contribution in [2.75, 3.05) is 13.6 Å². The van der Waals surface area contributed by atoms with E-state index in [4.69, 9.17) is 0 Å². The molecule has 5 nitrogen and oxygen atoms in total. The van der Waals surface area contributed by atoms with Crippen LogP contribution >= 0.6 is 0 Å². The second-order valence-corrected chi connectivity index (χ2v) is 4.70. The molecule has 5 heteroatoms. The van der Waals surface area contributed by atoms with Gasteiger partial charge in [-0.15, -0.1) is 0 Å². The van der Waals surface area contributed by atoms with Gasteiger partial charge in [0.05, 0.1) is 0 Å². The van der Waals surface area contributed by atoms with E-state index in [2.05, 4.69) is 9.97 Å². The Hall–Kier alpha value is -2.43. The highest BCUT2D eigenvalue weighted by Crippen LogP contribution is 2.06. The highest BCUT2D eigenvalue weighted by atomic mass is 16.2. The number of rotatable bonds is 4. The quantitative estimate of drug-likeness (QED) is 0.914. The molecular formula is C15H17N3O2. The molecular weight excluding hydrogens is 254 g/mol. The van der Waals surface area contributed by atoms with Crippen LogP contribution in [-0.4, -0.2) is 34.4 Å². The molecule has 0 radical (unpaired) electrons. The predicted octanol–water partition coefficient (Wildman–Crippen LogP) is 1.39. The van der Waals surface area contributed by atoms with E-state index >= 15 is 0 Å². The first-order valence-electron chi connectivity index (χ1n) is 6.42. The fourth-order valence-electron chi connectivity index (χ4n) is 1.98. The standard InChI is InChI=1S/C15H17N3O2/c1-11-3-9-17-14(19)13(11)15(20)18(2)10-6-12-4-7-16-8-5-12/h3-5,7-9H,6,10H2,1-2H3,(H,17,19). The number of carbonyl (C=O) groups excluding carboxylic acids is 1. The number of hydrogen-bond acceptors (Lipinski definition) is 3. The van der Waals surface area contributed by atoms with Crippen molar-refractivity contribution in [1.29, 1.82) is 0 Å². The maximum absolute atomic E-state index is 12.3. The molecule has 0 spiro atoms. The number of pyridine rings is 2. The van der Waals surface area contributed by atoms with Crippen LogP contribution in [0.3, 0.4) is 0 Å². The van der Waals surface area contributed by atoms with Gasteiger partial charge < -0.3 is 9.88 Å². The minimum atomic E-state index is -0.342. The summed E-state index contributed by atoms with van der Waals surface area (Å²) < 4.78 is 0. The summed E-state index contributed by atoms with van der Waals surface area (Å²) >= 11 is 0. The van der Waals surface area contributed by atoms with Gasteiger partial charge in [0.15, 0.2) is 0 Å². The van der Waals surface area contributed by atoms with Crippen LogP contribution in [0.15, 0.2) is 41.6 Å². The Bertz CT molecular complexity index is 650. The van der Waals surface area contributed by atoms with Gasteiger partial charge in [-0.2, -0.15) is 0 Å². The average Bonchev–Trinajstić information content (AvgIpc) is 2.45. The van der Waals surface area contributed by atoms with Crippen molar-refractivity contribution in [1.82, 2.24) is 14.9 Å². The summed E-state index contributed by atoms with van der Waals surface area (Å²) in [6.45, 7) is 2.32. The lowest BCUT2D eigenvalue weighted by Crippen LogP contribution is -2.33. The molecule has 0 aliphatic rings. The van der Waals surface area contributed by atoms with Gasteiger partial charge >= 0.3 is 0 Å². The van der Waals surface area contributed by atoms with Crippen LogP contribution in [0.5, 0.6) is 0 Å². The van der Waals surface area contributed by atoms with E-state index in [0.29, 0.717) is 12.1 Å². The largest absolute Gasteiger partial charge is 0.341 e. The van der Waals surface area contributed by atoms with Crippen LogP contribution in [-0.2, 0) is 6.42 Å². The Labute approximate surface area is 117 Å². The second-order valence-electron chi connectivity index (χ2n) is 4.70. The number of aromatic nitrogens is 2. The smallest absolute Gasteiger partial charge is 0.261 e. The van der Waals surface area contributed by atoms with Gasteiger partial charge in [-0.3, -0.25) is 14.6 Å². The summed E-state index contributed by atoms with van der Waals surface area (Å²) in [6, 6.07) is 5.56. The van der Waals surface area contributed by atoms with Crippen LogP contribution in [0.2, 0.25) is 0 Å². The number of hydrogen-bond donors (Lipinski definition) is 1. The number of carbonyl (C=O) groups is 1. The third kappa shape index (κ3) is 3.12. The summed E-state index contributed by atoms with van der Waals surface area (Å²) in [5, 5.41) is 0. The molecule has 2 aromatic rings. The molecule has 0 saturated carbocycles. The molecule has 1 amide bonds. The summed E-state index contributed by atoms with van der Waals surface area (Å²) in [5.41, 5.74) is 1.67. The van der Waals surface area contributed by atoms with Gasteiger partial charge in [0.25, 0.3) is 11.5 Å². The molecule has 0 aliphatic carbocycles. The Morgan fingerprint density at radius 1 is 1.30 bits per heavy atom. The van der Waals surface area contributed by atoms with Crippen molar-refractivity contribution >= 4 is 5.91 Å². The van der Waals surface area contributed by atoms with E-state index in [1.807, 2.05) is 12.1 Å². The number of aromatic amines is 1. The fourth-order valence-corrected chi connectivity index (χ4v) is 1.98. The average molecular weight is 271 g/mol. The second kappa shape index (κ2) is 6.14. The molecule has 2 heterocycles. The van der Waals surface area contributed by atoms with Gasteiger partial charge in [0, 0.05) is 32.2 Å². The van der Waals surface area contributed by atoms with Crippen LogP contribution in [0.1, 0.15) is 21.5 Å². The summed E-state index contributed by atoms with van der Waals surface area (Å²) in [4.78, 5) is 32.1. The molecule has 2 aromatic heterocycles. The molecule has 0 fully saturated rings. The molecule has 1 N–H and O–H groups in total. The van der Waals surface area contributed by atoms with Crippen LogP contribution in [0, 0.1) is 6.92 Å². The summed E-state index contributed by atoms with van der Waals surface area (Å²) in [6.07, 6.45) is 5.73. The lowest BCUT2D eigenvalue weighted by Gasteiger charge is -2.17. The Balaban J connectivity index is 2.08. The van der Waals surface area contributed by atoms with Crippen LogP contribution in [0.4, 0.5) is 0 Å². The molecule has 0 bridgehead atoms. The number of H-pyrrole nitrogens is 1. The third-order valence-electron chi connectivity index (χ3n) is 3.21. The molecule has 0 saturated heterocycles. The number of aryl methyl sites for hydroxylation is 1. The van der Waals surface area contributed by atoms with Gasteiger partial charge in [-0.1, -0.05) is 0 Å².